The summed E-state index contributed by atoms with van der Waals surface area (Å²) in [5, 5.41) is 3.89. The molecule has 1 amide bonds. The summed E-state index contributed by atoms with van der Waals surface area (Å²) in [4.78, 5) is 30.6. The van der Waals surface area contributed by atoms with Gasteiger partial charge in [0, 0.05) is 28.5 Å². The molecule has 6 heteroatoms. The van der Waals surface area contributed by atoms with Gasteiger partial charge in [0.15, 0.2) is 0 Å². The number of nitrogens with one attached hydrogen (secondary N) is 3. The van der Waals surface area contributed by atoms with E-state index < -0.39 is 0 Å². The molecule has 4 rings (SSSR count). The van der Waals surface area contributed by atoms with Crippen LogP contribution in [-0.4, -0.2) is 20.4 Å². The molecule has 3 N–H and O–H groups in total. The first-order chi connectivity index (χ1) is 12.6. The van der Waals surface area contributed by atoms with Crippen LogP contribution in [0, 0.1) is 6.92 Å². The molecule has 26 heavy (non-hydrogen) atoms. The fourth-order valence-corrected chi connectivity index (χ4v) is 3.06. The first-order valence-electron chi connectivity index (χ1n) is 8.33. The van der Waals surface area contributed by atoms with Crippen LogP contribution in [0.15, 0.2) is 65.6 Å². The highest BCUT2D eigenvalue weighted by Crippen LogP contribution is 2.20. The summed E-state index contributed by atoms with van der Waals surface area (Å²) in [6.07, 6.45) is 1.44. The summed E-state index contributed by atoms with van der Waals surface area (Å²) in [5.41, 5.74) is 3.70. The average Bonchev–Trinajstić information content (AvgIpc) is 3.17. The molecule has 0 aliphatic rings. The molecule has 0 aliphatic carbocycles. The summed E-state index contributed by atoms with van der Waals surface area (Å²) in [7, 11) is 0. The van der Waals surface area contributed by atoms with Gasteiger partial charge < -0.3 is 15.3 Å². The van der Waals surface area contributed by atoms with Gasteiger partial charge >= 0.3 is 5.69 Å². The number of amides is 1. The highest BCUT2D eigenvalue weighted by molar-refractivity contribution is 6.04. The van der Waals surface area contributed by atoms with Gasteiger partial charge in [-0.15, -0.1) is 0 Å². The number of anilines is 1. The van der Waals surface area contributed by atoms with Crippen LogP contribution in [0.1, 0.15) is 21.7 Å². The van der Waals surface area contributed by atoms with E-state index in [-0.39, 0.29) is 11.6 Å². The number of hydrogen-bond acceptors (Lipinski definition) is 2. The molecule has 6 nitrogen and oxygen atoms in total. The Morgan fingerprint density at radius 1 is 1.12 bits per heavy atom. The maximum atomic E-state index is 12.7. The van der Waals surface area contributed by atoms with E-state index >= 15 is 0 Å². The first kappa shape index (κ1) is 16.0. The van der Waals surface area contributed by atoms with Crippen LogP contribution in [-0.2, 0) is 6.54 Å². The number of rotatable bonds is 4. The zero-order valence-electron chi connectivity index (χ0n) is 14.2. The average molecular weight is 346 g/mol. The van der Waals surface area contributed by atoms with Crippen molar-refractivity contribution < 1.29 is 4.79 Å². The van der Waals surface area contributed by atoms with Crippen molar-refractivity contribution >= 4 is 22.5 Å². The van der Waals surface area contributed by atoms with E-state index in [1.54, 1.807) is 0 Å². The molecule has 0 radical (unpaired) electrons. The minimum Gasteiger partial charge on any atom is -0.359 e. The molecular weight excluding hydrogens is 328 g/mol. The van der Waals surface area contributed by atoms with Gasteiger partial charge in [0.25, 0.3) is 5.91 Å². The topological polar surface area (TPSA) is 82.7 Å². The summed E-state index contributed by atoms with van der Waals surface area (Å²) in [6.45, 7) is 2.32. The van der Waals surface area contributed by atoms with E-state index in [4.69, 9.17) is 0 Å². The van der Waals surface area contributed by atoms with E-state index in [0.717, 1.165) is 22.2 Å². The number of aryl methyl sites for hydroxylation is 1. The largest absolute Gasteiger partial charge is 0.359 e. The van der Waals surface area contributed by atoms with Crippen LogP contribution in [0.5, 0.6) is 0 Å². The fraction of sp³-hybridized carbons (Fsp3) is 0.100. The van der Waals surface area contributed by atoms with E-state index in [2.05, 4.69) is 15.3 Å². The van der Waals surface area contributed by atoms with Gasteiger partial charge in [-0.1, -0.05) is 30.3 Å². The van der Waals surface area contributed by atoms with Crippen molar-refractivity contribution in [2.45, 2.75) is 13.5 Å². The Balaban J connectivity index is 1.60. The first-order valence-corrected chi connectivity index (χ1v) is 8.33. The zero-order valence-corrected chi connectivity index (χ0v) is 14.2. The Labute approximate surface area is 149 Å². The lowest BCUT2D eigenvalue weighted by Gasteiger charge is -2.08. The number of aromatic nitrogens is 3. The maximum Gasteiger partial charge on any atom is 0.326 e. The predicted molar refractivity (Wildman–Crippen MR) is 102 cm³/mol. The lowest BCUT2D eigenvalue weighted by Crippen LogP contribution is -2.24. The number of carbonyl (C=O) groups excluding carboxylic acids is 1. The third-order valence-corrected chi connectivity index (χ3v) is 4.30. The van der Waals surface area contributed by atoms with Crippen LogP contribution < -0.4 is 11.0 Å². The molecule has 0 bridgehead atoms. The summed E-state index contributed by atoms with van der Waals surface area (Å²) >= 11 is 0. The predicted octanol–water partition coefficient (Wildman–Crippen LogP) is 3.27. The second kappa shape index (κ2) is 6.40. The molecule has 0 saturated heterocycles. The van der Waals surface area contributed by atoms with Crippen LogP contribution in [0.2, 0.25) is 0 Å². The van der Waals surface area contributed by atoms with Crippen molar-refractivity contribution in [2.24, 2.45) is 0 Å². The Morgan fingerprint density at radius 3 is 2.73 bits per heavy atom. The summed E-state index contributed by atoms with van der Waals surface area (Å²) in [6, 6.07) is 17.2. The third kappa shape index (κ3) is 3.04. The molecule has 0 aliphatic heterocycles. The Hall–Kier alpha value is -3.54. The van der Waals surface area contributed by atoms with Crippen molar-refractivity contribution in [3.8, 4) is 0 Å². The van der Waals surface area contributed by atoms with Gasteiger partial charge in [0.2, 0.25) is 0 Å². The number of benzene rings is 2. The quantitative estimate of drug-likeness (QED) is 0.530. The van der Waals surface area contributed by atoms with Crippen molar-refractivity contribution in [2.75, 3.05) is 5.32 Å². The van der Waals surface area contributed by atoms with E-state index in [1.807, 2.05) is 61.5 Å². The van der Waals surface area contributed by atoms with Crippen LogP contribution in [0.4, 0.5) is 5.69 Å². The molecule has 2 aromatic carbocycles. The molecule has 0 atom stereocenters. The molecule has 4 aromatic rings. The smallest absolute Gasteiger partial charge is 0.326 e. The number of nitrogens with zero attached hydrogens (tertiary/aromatic N) is 1. The SMILES string of the molecule is Cc1cc2cc(NC(=O)c3c[nH]c(=O)n3Cc3ccccc3)ccc2[nH]1. The Morgan fingerprint density at radius 2 is 1.92 bits per heavy atom. The molecule has 0 spiro atoms. The van der Waals surface area contributed by atoms with Crippen molar-refractivity contribution in [1.82, 2.24) is 14.5 Å². The lowest BCUT2D eigenvalue weighted by molar-refractivity contribution is 0.101. The van der Waals surface area contributed by atoms with E-state index in [9.17, 15) is 9.59 Å². The normalized spacial score (nSPS) is 11.0. The van der Waals surface area contributed by atoms with Gasteiger partial charge in [0.1, 0.15) is 5.69 Å². The van der Waals surface area contributed by atoms with Crippen molar-refractivity contribution in [3.05, 3.63) is 88.2 Å². The molecule has 130 valence electrons. The van der Waals surface area contributed by atoms with Crippen molar-refractivity contribution in [3.63, 3.8) is 0 Å². The van der Waals surface area contributed by atoms with Crippen molar-refractivity contribution in [1.29, 1.82) is 0 Å². The molecular formula is C20H18N4O2. The molecule has 2 aromatic heterocycles. The Kier molecular flexibility index (Phi) is 3.93. The maximum absolute atomic E-state index is 12.7. The Bertz CT molecular complexity index is 1140. The molecule has 0 saturated carbocycles. The monoisotopic (exact) mass is 346 g/mol. The number of fused-ring (bicyclic) bond motifs is 1. The molecule has 0 unspecified atom stereocenters. The summed E-state index contributed by atoms with van der Waals surface area (Å²) < 4.78 is 1.43. The van der Waals surface area contributed by atoms with Crippen LogP contribution in [0.3, 0.4) is 0 Å². The van der Waals surface area contributed by atoms with Gasteiger partial charge in [-0.05, 0) is 36.8 Å². The van der Waals surface area contributed by atoms with E-state index in [0.29, 0.717) is 17.9 Å². The van der Waals surface area contributed by atoms with Gasteiger partial charge in [-0.2, -0.15) is 0 Å². The van der Waals surface area contributed by atoms with Gasteiger partial charge in [0.05, 0.1) is 6.54 Å². The number of H-pyrrole nitrogens is 2. The minimum atomic E-state index is -0.328. The number of hydrogen-bond donors (Lipinski definition) is 3. The van der Waals surface area contributed by atoms with Gasteiger partial charge in [-0.25, -0.2) is 4.79 Å². The fourth-order valence-electron chi connectivity index (χ4n) is 3.06. The van der Waals surface area contributed by atoms with Gasteiger partial charge in [-0.3, -0.25) is 9.36 Å². The minimum absolute atomic E-state index is 0.296. The standard InChI is InChI=1S/C20H18N4O2/c1-13-9-15-10-16(7-8-17(15)22-13)23-19(25)18-11-21-20(26)24(18)12-14-5-3-2-4-6-14/h2-11,22H,12H2,1H3,(H,21,26)(H,23,25). The lowest BCUT2D eigenvalue weighted by atomic mass is 10.2. The van der Waals surface area contributed by atoms with Crippen LogP contribution >= 0.6 is 0 Å². The molecule has 2 heterocycles. The summed E-state index contributed by atoms with van der Waals surface area (Å²) in [5.74, 6) is -0.328. The number of carbonyl (C=O) groups is 1. The number of aromatic amines is 2. The third-order valence-electron chi connectivity index (χ3n) is 4.30. The highest BCUT2D eigenvalue weighted by Gasteiger charge is 2.15. The second-order valence-corrected chi connectivity index (χ2v) is 6.26. The molecule has 0 fully saturated rings. The second-order valence-electron chi connectivity index (χ2n) is 6.26. The van der Waals surface area contributed by atoms with E-state index in [1.165, 1.54) is 10.8 Å². The highest BCUT2D eigenvalue weighted by atomic mass is 16.2. The number of imidazole rings is 1. The zero-order chi connectivity index (χ0) is 18.1. The van der Waals surface area contributed by atoms with Crippen LogP contribution in [0.25, 0.3) is 10.9 Å².